The molecule has 0 fully saturated rings. The zero-order valence-electron chi connectivity index (χ0n) is 12.8. The summed E-state index contributed by atoms with van der Waals surface area (Å²) in [6.45, 7) is 5.76. The van der Waals surface area contributed by atoms with Gasteiger partial charge in [0.1, 0.15) is 0 Å². The normalized spacial score (nSPS) is 13.3. The lowest BCUT2D eigenvalue weighted by atomic mass is 10.2. The molecule has 0 aliphatic rings. The zero-order valence-corrected chi connectivity index (χ0v) is 13.6. The number of nitrogens with one attached hydrogen (secondary N) is 1. The van der Waals surface area contributed by atoms with E-state index in [-0.39, 0.29) is 5.91 Å². The Morgan fingerprint density at radius 3 is 2.40 bits per heavy atom. The highest BCUT2D eigenvalue weighted by atomic mass is 32.2. The fourth-order valence-corrected chi connectivity index (χ4v) is 2.81. The first-order chi connectivity index (χ1) is 9.03. The molecule has 0 saturated heterocycles. The van der Waals surface area contributed by atoms with Crippen molar-refractivity contribution in [1.29, 1.82) is 0 Å². The largest absolute Gasteiger partial charge is 0.340 e. The summed E-state index contributed by atoms with van der Waals surface area (Å²) in [5.74, 6) is -0.280. The Morgan fingerprint density at radius 1 is 1.45 bits per heavy atom. The van der Waals surface area contributed by atoms with Gasteiger partial charge in [0, 0.05) is 31.9 Å². The van der Waals surface area contributed by atoms with Crippen LogP contribution in [0.2, 0.25) is 0 Å². The van der Waals surface area contributed by atoms with Crippen molar-refractivity contribution in [3.8, 4) is 0 Å². The topological polar surface area (TPSA) is 84.3 Å². The summed E-state index contributed by atoms with van der Waals surface area (Å²) in [6.07, 6.45) is 1.03. The van der Waals surface area contributed by atoms with Crippen molar-refractivity contribution < 1.29 is 13.2 Å². The number of nitrogens with zero attached hydrogens (tertiary/aromatic N) is 3. The van der Waals surface area contributed by atoms with Crippen LogP contribution in [0.5, 0.6) is 0 Å². The van der Waals surface area contributed by atoms with Gasteiger partial charge in [0.15, 0.2) is 0 Å². The Labute approximate surface area is 120 Å². The van der Waals surface area contributed by atoms with Gasteiger partial charge in [-0.1, -0.05) is 0 Å². The van der Waals surface area contributed by atoms with Crippen molar-refractivity contribution in [2.75, 3.05) is 13.3 Å². The van der Waals surface area contributed by atoms with Gasteiger partial charge in [0.2, 0.25) is 15.9 Å². The molecule has 1 heterocycles. The molecule has 1 aromatic heterocycles. The minimum atomic E-state index is -3.40. The molecule has 1 amide bonds. The minimum absolute atomic E-state index is 0.280. The van der Waals surface area contributed by atoms with Crippen LogP contribution < -0.4 is 4.72 Å². The van der Waals surface area contributed by atoms with E-state index in [1.165, 1.54) is 11.8 Å². The first-order valence-corrected chi connectivity index (χ1v) is 8.13. The summed E-state index contributed by atoms with van der Waals surface area (Å²) in [4.78, 5) is 13.6. The first kappa shape index (κ1) is 16.6. The Balaban J connectivity index is 2.80. The maximum absolute atomic E-state index is 12.1. The molecule has 1 atom stereocenters. The van der Waals surface area contributed by atoms with Crippen molar-refractivity contribution in [3.05, 3.63) is 17.0 Å². The maximum Gasteiger partial charge on any atom is 0.240 e. The predicted octanol–water partition coefficient (Wildman–Crippen LogP) is -0.0670. The highest BCUT2D eigenvalue weighted by molar-refractivity contribution is 7.88. The standard InChI is InChI=1S/C12H22N4O3S/c1-8-11(10(3)16(5)13-8)7-15(4)12(17)9(2)14-20(6,18)19/h9,14H,7H2,1-6H3/t9-/m1/s1. The molecular formula is C12H22N4O3S. The van der Waals surface area contributed by atoms with E-state index in [1.54, 1.807) is 11.7 Å². The minimum Gasteiger partial charge on any atom is -0.340 e. The molecule has 8 heteroatoms. The average Bonchev–Trinajstić information content (AvgIpc) is 2.52. The SMILES string of the molecule is Cc1nn(C)c(C)c1CN(C)C(=O)[C@@H](C)NS(C)(=O)=O. The Kier molecular flexibility index (Phi) is 4.93. The van der Waals surface area contributed by atoms with Crippen LogP contribution in [-0.4, -0.2) is 48.4 Å². The molecule has 0 radical (unpaired) electrons. The summed E-state index contributed by atoms with van der Waals surface area (Å²) in [5, 5.41) is 4.29. The molecule has 0 bridgehead atoms. The van der Waals surface area contributed by atoms with Gasteiger partial charge in [0.05, 0.1) is 18.0 Å². The third-order valence-corrected chi connectivity index (χ3v) is 3.97. The first-order valence-electron chi connectivity index (χ1n) is 6.24. The molecule has 1 rings (SSSR count). The van der Waals surface area contributed by atoms with Gasteiger partial charge in [-0.05, 0) is 20.8 Å². The van der Waals surface area contributed by atoms with E-state index < -0.39 is 16.1 Å². The smallest absolute Gasteiger partial charge is 0.240 e. The summed E-state index contributed by atoms with van der Waals surface area (Å²) >= 11 is 0. The van der Waals surface area contributed by atoms with Crippen molar-refractivity contribution in [2.45, 2.75) is 33.4 Å². The number of hydrogen-bond donors (Lipinski definition) is 1. The highest BCUT2D eigenvalue weighted by Gasteiger charge is 2.22. The molecule has 0 unspecified atom stereocenters. The van der Waals surface area contributed by atoms with E-state index in [9.17, 15) is 13.2 Å². The fourth-order valence-electron chi connectivity index (χ4n) is 2.06. The van der Waals surface area contributed by atoms with Crippen LogP contribution in [-0.2, 0) is 28.4 Å². The Hall–Kier alpha value is -1.41. The van der Waals surface area contributed by atoms with Crippen molar-refractivity contribution in [1.82, 2.24) is 19.4 Å². The molecule has 0 aromatic carbocycles. The number of amides is 1. The number of sulfonamides is 1. The molecular weight excluding hydrogens is 280 g/mol. The lowest BCUT2D eigenvalue weighted by Crippen LogP contribution is -2.44. The Morgan fingerprint density at radius 2 is 2.00 bits per heavy atom. The van der Waals surface area contributed by atoms with Gasteiger partial charge in [-0.3, -0.25) is 9.48 Å². The number of rotatable bonds is 5. The summed E-state index contributed by atoms with van der Waals surface area (Å²) < 4.78 is 26.3. The molecule has 0 aliphatic heterocycles. The number of hydrogen-bond acceptors (Lipinski definition) is 4. The third kappa shape index (κ3) is 4.04. The van der Waals surface area contributed by atoms with Crippen LogP contribution in [0.25, 0.3) is 0 Å². The second-order valence-electron chi connectivity index (χ2n) is 5.08. The van der Waals surface area contributed by atoms with Crippen molar-refractivity contribution in [3.63, 3.8) is 0 Å². The number of aromatic nitrogens is 2. The molecule has 114 valence electrons. The van der Waals surface area contributed by atoms with E-state index in [2.05, 4.69) is 9.82 Å². The van der Waals surface area contributed by atoms with Crippen molar-refractivity contribution >= 4 is 15.9 Å². The second-order valence-corrected chi connectivity index (χ2v) is 6.86. The predicted molar refractivity (Wildman–Crippen MR) is 76.6 cm³/mol. The lowest BCUT2D eigenvalue weighted by Gasteiger charge is -2.21. The van der Waals surface area contributed by atoms with Gasteiger partial charge in [-0.2, -0.15) is 5.10 Å². The molecule has 1 aromatic rings. The van der Waals surface area contributed by atoms with Crippen LogP contribution in [0.1, 0.15) is 23.9 Å². The van der Waals surface area contributed by atoms with Crippen LogP contribution in [0.4, 0.5) is 0 Å². The van der Waals surface area contributed by atoms with E-state index in [4.69, 9.17) is 0 Å². The van der Waals surface area contributed by atoms with Gasteiger partial charge in [-0.25, -0.2) is 13.1 Å². The van der Waals surface area contributed by atoms with Crippen LogP contribution in [0, 0.1) is 13.8 Å². The highest BCUT2D eigenvalue weighted by Crippen LogP contribution is 2.14. The number of aryl methyl sites for hydroxylation is 2. The molecule has 0 saturated carbocycles. The van der Waals surface area contributed by atoms with Gasteiger partial charge in [-0.15, -0.1) is 0 Å². The lowest BCUT2D eigenvalue weighted by molar-refractivity contribution is -0.131. The summed E-state index contributed by atoms with van der Waals surface area (Å²) in [7, 11) is 0.0953. The van der Waals surface area contributed by atoms with Crippen LogP contribution in [0.3, 0.4) is 0 Å². The van der Waals surface area contributed by atoms with Crippen LogP contribution in [0.15, 0.2) is 0 Å². The average molecular weight is 302 g/mol. The van der Waals surface area contributed by atoms with Gasteiger partial charge in [0.25, 0.3) is 0 Å². The van der Waals surface area contributed by atoms with E-state index in [0.717, 1.165) is 23.2 Å². The van der Waals surface area contributed by atoms with Crippen molar-refractivity contribution in [2.24, 2.45) is 7.05 Å². The second kappa shape index (κ2) is 5.92. The van der Waals surface area contributed by atoms with E-state index >= 15 is 0 Å². The van der Waals surface area contributed by atoms with Gasteiger partial charge < -0.3 is 4.90 Å². The molecule has 0 aliphatic carbocycles. The number of carbonyl (C=O) groups is 1. The molecule has 20 heavy (non-hydrogen) atoms. The molecule has 1 N–H and O–H groups in total. The number of carbonyl (C=O) groups excluding carboxylic acids is 1. The zero-order chi connectivity index (χ0) is 15.7. The fraction of sp³-hybridized carbons (Fsp3) is 0.667. The molecule has 7 nitrogen and oxygen atoms in total. The van der Waals surface area contributed by atoms with Gasteiger partial charge >= 0.3 is 0 Å². The maximum atomic E-state index is 12.1. The molecule has 0 spiro atoms. The monoisotopic (exact) mass is 302 g/mol. The summed E-state index contributed by atoms with van der Waals surface area (Å²) in [5.41, 5.74) is 2.84. The van der Waals surface area contributed by atoms with Crippen LogP contribution >= 0.6 is 0 Å². The quantitative estimate of drug-likeness (QED) is 0.825. The van der Waals surface area contributed by atoms with E-state index in [1.807, 2.05) is 20.9 Å². The third-order valence-electron chi connectivity index (χ3n) is 3.19. The summed E-state index contributed by atoms with van der Waals surface area (Å²) in [6, 6.07) is -0.785. The Bertz CT molecular complexity index is 606. The number of likely N-dealkylation sites (N-methyl/N-ethyl adjacent to an activating group) is 1. The van der Waals surface area contributed by atoms with E-state index in [0.29, 0.717) is 6.54 Å².